The van der Waals surface area contributed by atoms with Crippen molar-refractivity contribution < 1.29 is 0 Å². The molecule has 0 atom stereocenters. The van der Waals surface area contributed by atoms with Gasteiger partial charge in [0.1, 0.15) is 0 Å². The monoisotopic (exact) mass is 773 g/mol. The predicted octanol–water partition coefficient (Wildman–Crippen LogP) is 16.7. The number of rotatable bonds is 0. The average Bonchev–Trinajstić information content (AvgIpc) is 3.32. The van der Waals surface area contributed by atoms with Gasteiger partial charge in [0.15, 0.2) is 0 Å². The second-order valence-corrected chi connectivity index (χ2v) is 12.9. The van der Waals surface area contributed by atoms with E-state index < -0.39 is 0 Å². The lowest BCUT2D eigenvalue weighted by Gasteiger charge is -1.82. The molecular formula is C59H64. The molecule has 0 amide bonds. The van der Waals surface area contributed by atoms with E-state index in [-0.39, 0.29) is 0 Å². The molecule has 0 saturated heterocycles. The van der Waals surface area contributed by atoms with Crippen LogP contribution in [0.25, 0.3) is 0 Å². The summed E-state index contributed by atoms with van der Waals surface area (Å²) in [5.41, 5.74) is 6.61. The van der Waals surface area contributed by atoms with Crippen molar-refractivity contribution in [3.63, 3.8) is 0 Å². The van der Waals surface area contributed by atoms with E-state index in [2.05, 4.69) is 95.3 Å². The Bertz CT molecular complexity index is 1590. The molecule has 0 saturated carbocycles. The van der Waals surface area contributed by atoms with E-state index in [1.165, 1.54) is 27.8 Å². The second-order valence-electron chi connectivity index (χ2n) is 12.9. The quantitative estimate of drug-likeness (QED) is 0.144. The van der Waals surface area contributed by atoms with Crippen LogP contribution in [0.4, 0.5) is 0 Å². The molecule has 0 nitrogen and oxygen atoms in total. The van der Waals surface area contributed by atoms with Crippen LogP contribution in [0.1, 0.15) is 27.8 Å². The fraction of sp³-hybridized carbons (Fsp3) is 0.0847. The first-order valence-electron chi connectivity index (χ1n) is 20.1. The third-order valence-corrected chi connectivity index (χ3v) is 7.37. The molecular weight excluding hydrogens is 709 g/mol. The molecule has 0 N–H and O–H groups in total. The van der Waals surface area contributed by atoms with E-state index in [0.717, 1.165) is 0 Å². The summed E-state index contributed by atoms with van der Waals surface area (Å²) in [6.07, 6.45) is 0. The minimum absolute atomic E-state index is 1.32. The summed E-state index contributed by atoms with van der Waals surface area (Å²) in [6.45, 7) is 10.4. The van der Waals surface area contributed by atoms with Gasteiger partial charge in [-0.2, -0.15) is 0 Å². The summed E-state index contributed by atoms with van der Waals surface area (Å²) in [7, 11) is 0. The molecule has 0 aliphatic heterocycles. The van der Waals surface area contributed by atoms with Crippen LogP contribution in [-0.2, 0) is 0 Å². The van der Waals surface area contributed by atoms with E-state index in [0.29, 0.717) is 0 Å². The lowest BCUT2D eigenvalue weighted by Crippen LogP contribution is -1.62. The highest BCUT2D eigenvalue weighted by Gasteiger charge is 1.75. The molecule has 9 rings (SSSR count). The summed E-state index contributed by atoms with van der Waals surface area (Å²) < 4.78 is 0. The average molecular weight is 773 g/mol. The van der Waals surface area contributed by atoms with Crippen LogP contribution in [0.2, 0.25) is 0 Å². The minimum atomic E-state index is 1.32. The van der Waals surface area contributed by atoms with Crippen molar-refractivity contribution >= 4 is 0 Å². The van der Waals surface area contributed by atoms with Crippen LogP contribution in [-0.4, -0.2) is 0 Å². The predicted molar refractivity (Wildman–Crippen MR) is 262 cm³/mol. The van der Waals surface area contributed by atoms with Crippen LogP contribution in [0.15, 0.2) is 297 Å². The molecule has 9 aromatic rings. The molecule has 0 bridgehead atoms. The van der Waals surface area contributed by atoms with Crippen molar-refractivity contribution in [2.24, 2.45) is 0 Å². The number of hydrogen-bond acceptors (Lipinski definition) is 0. The van der Waals surface area contributed by atoms with Gasteiger partial charge < -0.3 is 0 Å². The zero-order valence-corrected chi connectivity index (χ0v) is 35.8. The van der Waals surface area contributed by atoms with E-state index in [4.69, 9.17) is 0 Å². The van der Waals surface area contributed by atoms with Crippen molar-refractivity contribution in [2.75, 3.05) is 0 Å². The molecule has 0 radical (unpaired) electrons. The summed E-state index contributed by atoms with van der Waals surface area (Å²) >= 11 is 0. The van der Waals surface area contributed by atoms with Crippen LogP contribution in [0, 0.1) is 34.6 Å². The van der Waals surface area contributed by atoms with Crippen LogP contribution in [0.3, 0.4) is 0 Å². The van der Waals surface area contributed by atoms with Gasteiger partial charge in [-0.1, -0.05) is 325 Å². The lowest BCUT2D eigenvalue weighted by atomic mass is 10.2. The number of benzene rings is 9. The van der Waals surface area contributed by atoms with Crippen molar-refractivity contribution in [1.82, 2.24) is 0 Å². The van der Waals surface area contributed by atoms with E-state index in [9.17, 15) is 0 Å². The van der Waals surface area contributed by atoms with Gasteiger partial charge >= 0.3 is 0 Å². The minimum Gasteiger partial charge on any atom is -0.0623 e. The molecule has 0 heteroatoms. The zero-order valence-electron chi connectivity index (χ0n) is 35.8. The fourth-order valence-corrected chi connectivity index (χ4v) is 4.21. The first-order chi connectivity index (χ1) is 29.0. The molecule has 0 fully saturated rings. The molecule has 0 aliphatic carbocycles. The standard InChI is InChI=1S/5C7H8.4C6H6/c5*1-7-5-3-2-4-6-7;4*1-2-4-6-5-3-1/h5*2-6H,1H3;4*1-6H. The maximum absolute atomic E-state index is 2.08. The first-order valence-corrected chi connectivity index (χ1v) is 20.1. The topological polar surface area (TPSA) is 0 Å². The molecule has 59 heavy (non-hydrogen) atoms. The molecule has 300 valence electrons. The van der Waals surface area contributed by atoms with Gasteiger partial charge in [0.2, 0.25) is 0 Å². The van der Waals surface area contributed by atoms with Gasteiger partial charge in [-0.15, -0.1) is 0 Å². The van der Waals surface area contributed by atoms with Gasteiger partial charge in [0, 0.05) is 0 Å². The largest absolute Gasteiger partial charge is 0.0623 e. The normalized spacial score (nSPS) is 8.42. The zero-order chi connectivity index (χ0) is 42.5. The van der Waals surface area contributed by atoms with E-state index >= 15 is 0 Å². The van der Waals surface area contributed by atoms with Crippen molar-refractivity contribution in [2.45, 2.75) is 34.6 Å². The number of aryl methyl sites for hydroxylation is 5. The maximum atomic E-state index is 2.08. The summed E-state index contributed by atoms with van der Waals surface area (Å²) in [5.74, 6) is 0. The lowest BCUT2D eigenvalue weighted by molar-refractivity contribution is 1.48. The Morgan fingerprint density at radius 2 is 0.186 bits per heavy atom. The Morgan fingerprint density at radius 3 is 0.237 bits per heavy atom. The molecule has 0 aliphatic rings. The van der Waals surface area contributed by atoms with Gasteiger partial charge in [-0.3, -0.25) is 0 Å². The Kier molecular flexibility index (Phi) is 33.2. The van der Waals surface area contributed by atoms with Crippen LogP contribution >= 0.6 is 0 Å². The highest BCUT2D eigenvalue weighted by atomic mass is 13.8. The van der Waals surface area contributed by atoms with Gasteiger partial charge in [-0.05, 0) is 34.6 Å². The maximum Gasteiger partial charge on any atom is -0.0398 e. The van der Waals surface area contributed by atoms with Gasteiger partial charge in [0.25, 0.3) is 0 Å². The highest BCUT2D eigenvalue weighted by Crippen LogP contribution is 1.95. The van der Waals surface area contributed by atoms with Crippen LogP contribution in [0.5, 0.6) is 0 Å². The molecule has 0 heterocycles. The smallest absolute Gasteiger partial charge is 0.0398 e. The van der Waals surface area contributed by atoms with Gasteiger partial charge in [0.05, 0.1) is 0 Å². The summed E-state index contributed by atoms with van der Waals surface area (Å²) in [5, 5.41) is 0. The number of hydrogen-bond donors (Lipinski definition) is 0. The summed E-state index contributed by atoms with van der Waals surface area (Å²) in [6, 6.07) is 99.3. The third-order valence-electron chi connectivity index (χ3n) is 7.37. The van der Waals surface area contributed by atoms with Crippen molar-refractivity contribution in [1.29, 1.82) is 0 Å². The van der Waals surface area contributed by atoms with Crippen LogP contribution < -0.4 is 0 Å². The molecule has 0 aromatic heterocycles. The second kappa shape index (κ2) is 39.2. The van der Waals surface area contributed by atoms with Gasteiger partial charge in [-0.25, -0.2) is 0 Å². The SMILES string of the molecule is Cc1ccccc1.Cc1ccccc1.Cc1ccccc1.Cc1ccccc1.Cc1ccccc1.c1ccccc1.c1ccccc1.c1ccccc1.c1ccccc1. The first kappa shape index (κ1) is 50.0. The van der Waals surface area contributed by atoms with E-state index in [1.807, 2.05) is 237 Å². The fourth-order valence-electron chi connectivity index (χ4n) is 4.21. The molecule has 0 unspecified atom stereocenters. The third kappa shape index (κ3) is 37.7. The highest BCUT2D eigenvalue weighted by molar-refractivity contribution is 5.14. The Hall–Kier alpha value is -7.02. The Morgan fingerprint density at radius 1 is 0.119 bits per heavy atom. The Balaban J connectivity index is 0.000000332. The molecule has 9 aromatic carbocycles. The van der Waals surface area contributed by atoms with Crippen molar-refractivity contribution in [3.05, 3.63) is 325 Å². The van der Waals surface area contributed by atoms with Crippen molar-refractivity contribution in [3.8, 4) is 0 Å². The molecule has 0 spiro atoms. The van der Waals surface area contributed by atoms with E-state index in [1.54, 1.807) is 0 Å². The summed E-state index contributed by atoms with van der Waals surface area (Å²) in [4.78, 5) is 0. The Labute approximate surface area is 358 Å².